The monoisotopic (exact) mass is 348 g/mol. The maximum Gasteiger partial charge on any atom is 0.325 e. The molecule has 1 aromatic heterocycles. The molecule has 0 atom stereocenters. The number of nitrogens with two attached hydrogens (primary N) is 1. The molecule has 2 aliphatic rings. The number of carbonyl (C=O) groups is 2. The molecular weight excluding hydrogens is 324 g/mol. The van der Waals surface area contributed by atoms with Crippen molar-refractivity contribution in [3.63, 3.8) is 0 Å². The van der Waals surface area contributed by atoms with Gasteiger partial charge in [-0.2, -0.15) is 9.97 Å². The van der Waals surface area contributed by atoms with Crippen molar-refractivity contribution in [1.29, 1.82) is 0 Å². The van der Waals surface area contributed by atoms with Gasteiger partial charge in [0.1, 0.15) is 11.4 Å². The molecule has 25 heavy (non-hydrogen) atoms. The molecule has 136 valence electrons. The molecular formula is C16H24N6O3. The van der Waals surface area contributed by atoms with E-state index in [2.05, 4.69) is 15.3 Å². The van der Waals surface area contributed by atoms with Crippen LogP contribution in [-0.4, -0.2) is 59.1 Å². The molecule has 0 aliphatic carbocycles. The molecule has 0 aromatic carbocycles. The third-order valence-electron chi connectivity index (χ3n) is 4.78. The van der Waals surface area contributed by atoms with E-state index >= 15 is 0 Å². The van der Waals surface area contributed by atoms with Crippen LogP contribution in [0.5, 0.6) is 5.88 Å². The second-order valence-corrected chi connectivity index (χ2v) is 6.91. The summed E-state index contributed by atoms with van der Waals surface area (Å²) in [5.41, 5.74) is 4.97. The summed E-state index contributed by atoms with van der Waals surface area (Å²) in [6, 6.07) is 1.43. The minimum atomic E-state index is -0.763. The molecule has 1 spiro atoms. The van der Waals surface area contributed by atoms with Crippen LogP contribution in [0, 0.1) is 5.92 Å². The zero-order valence-electron chi connectivity index (χ0n) is 14.8. The first-order valence-corrected chi connectivity index (χ1v) is 8.42. The lowest BCUT2D eigenvalue weighted by atomic mass is 9.85. The lowest BCUT2D eigenvalue weighted by molar-refractivity contribution is -0.127. The Morgan fingerprint density at radius 1 is 1.32 bits per heavy atom. The number of imide groups is 1. The minimum Gasteiger partial charge on any atom is -0.481 e. The van der Waals surface area contributed by atoms with Crippen LogP contribution in [-0.2, 0) is 4.79 Å². The quantitative estimate of drug-likeness (QED) is 0.767. The van der Waals surface area contributed by atoms with E-state index in [9.17, 15) is 9.59 Å². The van der Waals surface area contributed by atoms with E-state index in [0.29, 0.717) is 44.2 Å². The number of rotatable bonds is 4. The summed E-state index contributed by atoms with van der Waals surface area (Å²) < 4.78 is 5.14. The predicted molar refractivity (Wildman–Crippen MR) is 92.3 cm³/mol. The maximum absolute atomic E-state index is 12.5. The molecule has 9 nitrogen and oxygen atoms in total. The highest BCUT2D eigenvalue weighted by atomic mass is 16.5. The first-order chi connectivity index (χ1) is 11.9. The van der Waals surface area contributed by atoms with Crippen molar-refractivity contribution in [2.24, 2.45) is 5.92 Å². The lowest BCUT2D eigenvalue weighted by Crippen LogP contribution is -2.57. The van der Waals surface area contributed by atoms with Crippen LogP contribution in [0.2, 0.25) is 0 Å². The van der Waals surface area contributed by atoms with Crippen molar-refractivity contribution in [3.05, 3.63) is 6.07 Å². The topological polar surface area (TPSA) is 114 Å². The van der Waals surface area contributed by atoms with Gasteiger partial charge in [-0.3, -0.25) is 10.1 Å². The Hall–Kier alpha value is -2.58. The van der Waals surface area contributed by atoms with E-state index < -0.39 is 5.54 Å². The molecule has 0 bridgehead atoms. The molecule has 0 radical (unpaired) electrons. The van der Waals surface area contributed by atoms with Gasteiger partial charge in [0.05, 0.1) is 7.11 Å². The molecule has 2 saturated heterocycles. The van der Waals surface area contributed by atoms with Crippen molar-refractivity contribution in [3.8, 4) is 5.88 Å². The van der Waals surface area contributed by atoms with Gasteiger partial charge in [0.25, 0.3) is 5.91 Å². The van der Waals surface area contributed by atoms with E-state index in [1.165, 1.54) is 7.11 Å². The molecule has 3 amide bonds. The number of piperidine rings is 1. The second kappa shape index (κ2) is 6.38. The number of aromatic nitrogens is 2. The number of nitrogens with zero attached hydrogens (tertiary/aromatic N) is 4. The van der Waals surface area contributed by atoms with Gasteiger partial charge in [0.15, 0.2) is 0 Å². The van der Waals surface area contributed by atoms with Gasteiger partial charge in [-0.1, -0.05) is 13.8 Å². The van der Waals surface area contributed by atoms with Crippen molar-refractivity contribution in [2.75, 3.05) is 37.4 Å². The zero-order chi connectivity index (χ0) is 18.2. The Kier molecular flexibility index (Phi) is 4.40. The summed E-state index contributed by atoms with van der Waals surface area (Å²) >= 11 is 0. The zero-order valence-corrected chi connectivity index (χ0v) is 14.8. The van der Waals surface area contributed by atoms with Crippen LogP contribution < -0.4 is 20.7 Å². The Bertz CT molecular complexity index is 684. The third-order valence-corrected chi connectivity index (χ3v) is 4.78. The summed E-state index contributed by atoms with van der Waals surface area (Å²) in [5, 5.41) is 2.48. The van der Waals surface area contributed by atoms with Gasteiger partial charge < -0.3 is 20.3 Å². The Morgan fingerprint density at radius 3 is 2.60 bits per heavy atom. The van der Waals surface area contributed by atoms with Gasteiger partial charge in [-0.05, 0) is 18.8 Å². The fourth-order valence-electron chi connectivity index (χ4n) is 3.52. The number of methoxy groups -OCH3 is 1. The smallest absolute Gasteiger partial charge is 0.325 e. The van der Waals surface area contributed by atoms with Crippen molar-refractivity contribution in [1.82, 2.24) is 20.2 Å². The van der Waals surface area contributed by atoms with E-state index in [1.807, 2.05) is 18.7 Å². The van der Waals surface area contributed by atoms with Crippen LogP contribution in [0.15, 0.2) is 6.07 Å². The molecule has 3 rings (SSSR count). The number of anilines is 2. The standard InChI is InChI=1S/C16H24N6O3/c1-10(2)9-22-15(24)20-13(23)16(22)4-6-21(7-5-16)11-8-12(25-3)19-14(17)18-11/h8,10H,4-7,9H2,1-3H3,(H2,17,18,19)(H,20,23,24). The Balaban J connectivity index is 1.79. The average molecular weight is 348 g/mol. The summed E-state index contributed by atoms with van der Waals surface area (Å²) in [4.78, 5) is 36.7. The Labute approximate surface area is 146 Å². The highest BCUT2D eigenvalue weighted by Crippen LogP contribution is 2.35. The van der Waals surface area contributed by atoms with Gasteiger partial charge in [0.2, 0.25) is 11.8 Å². The fraction of sp³-hybridized carbons (Fsp3) is 0.625. The maximum atomic E-state index is 12.5. The van der Waals surface area contributed by atoms with E-state index in [4.69, 9.17) is 10.5 Å². The van der Waals surface area contributed by atoms with E-state index in [1.54, 1.807) is 11.0 Å². The molecule has 2 fully saturated rings. The first kappa shape index (κ1) is 17.2. The normalized spacial score (nSPS) is 19.7. The number of nitrogens with one attached hydrogen (secondary N) is 1. The fourth-order valence-corrected chi connectivity index (χ4v) is 3.52. The molecule has 2 aliphatic heterocycles. The van der Waals surface area contributed by atoms with E-state index in [-0.39, 0.29) is 23.8 Å². The second-order valence-electron chi connectivity index (χ2n) is 6.91. The van der Waals surface area contributed by atoms with Crippen molar-refractivity contribution in [2.45, 2.75) is 32.2 Å². The van der Waals surface area contributed by atoms with Gasteiger partial charge in [-0.25, -0.2) is 4.79 Å². The molecule has 3 heterocycles. The summed E-state index contributed by atoms with van der Waals surface area (Å²) in [6.45, 7) is 5.82. The number of ether oxygens (including phenoxy) is 1. The van der Waals surface area contributed by atoms with Crippen molar-refractivity contribution < 1.29 is 14.3 Å². The van der Waals surface area contributed by atoms with Gasteiger partial charge in [-0.15, -0.1) is 0 Å². The van der Waals surface area contributed by atoms with Crippen molar-refractivity contribution >= 4 is 23.7 Å². The SMILES string of the molecule is COc1cc(N2CCC3(CC2)C(=O)NC(=O)N3CC(C)C)nc(N)n1. The highest BCUT2D eigenvalue weighted by molar-refractivity contribution is 6.07. The summed E-state index contributed by atoms with van der Waals surface area (Å²) in [5.74, 6) is 1.30. The largest absolute Gasteiger partial charge is 0.481 e. The van der Waals surface area contributed by atoms with Gasteiger partial charge >= 0.3 is 6.03 Å². The van der Waals surface area contributed by atoms with Gasteiger partial charge in [0, 0.05) is 25.7 Å². The van der Waals surface area contributed by atoms with Crippen LogP contribution in [0.25, 0.3) is 0 Å². The number of hydrogen-bond donors (Lipinski definition) is 2. The third kappa shape index (κ3) is 3.06. The Morgan fingerprint density at radius 2 is 2.00 bits per heavy atom. The molecule has 9 heteroatoms. The number of hydrogen-bond acceptors (Lipinski definition) is 7. The van der Waals surface area contributed by atoms with E-state index in [0.717, 1.165) is 0 Å². The number of carbonyl (C=O) groups excluding carboxylic acids is 2. The summed E-state index contributed by atoms with van der Waals surface area (Å²) in [7, 11) is 1.52. The molecule has 0 unspecified atom stereocenters. The minimum absolute atomic E-state index is 0.143. The summed E-state index contributed by atoms with van der Waals surface area (Å²) in [6.07, 6.45) is 1.09. The van der Waals surface area contributed by atoms with Crippen LogP contribution >= 0.6 is 0 Å². The van der Waals surface area contributed by atoms with Crippen LogP contribution in [0.3, 0.4) is 0 Å². The number of urea groups is 1. The highest BCUT2D eigenvalue weighted by Gasteiger charge is 2.54. The predicted octanol–water partition coefficient (Wildman–Crippen LogP) is 0.614. The molecule has 0 saturated carbocycles. The molecule has 1 aromatic rings. The number of amides is 3. The lowest BCUT2D eigenvalue weighted by Gasteiger charge is -2.43. The van der Waals surface area contributed by atoms with Crippen LogP contribution in [0.1, 0.15) is 26.7 Å². The van der Waals surface area contributed by atoms with Crippen LogP contribution in [0.4, 0.5) is 16.6 Å². The first-order valence-electron chi connectivity index (χ1n) is 8.42. The number of nitrogen functional groups attached to an aromatic ring is 1. The molecule has 3 N–H and O–H groups in total. The average Bonchev–Trinajstić information content (AvgIpc) is 2.79.